The van der Waals surface area contributed by atoms with E-state index in [9.17, 15) is 9.59 Å². The molecule has 7 nitrogen and oxygen atoms in total. The molecule has 0 aromatic heterocycles. The highest BCUT2D eigenvalue weighted by Gasteiger charge is 2.29. The minimum atomic E-state index is -0.869. The van der Waals surface area contributed by atoms with Gasteiger partial charge in [-0.25, -0.2) is 4.79 Å². The Morgan fingerprint density at radius 3 is 2.27 bits per heavy atom. The van der Waals surface area contributed by atoms with Crippen LogP contribution in [0.1, 0.15) is 45.6 Å². The minimum absolute atomic E-state index is 0.122. The van der Waals surface area contributed by atoms with Gasteiger partial charge in [0.25, 0.3) is 5.91 Å². The van der Waals surface area contributed by atoms with E-state index in [4.69, 9.17) is 18.9 Å². The molecule has 1 aromatic rings. The zero-order valence-electron chi connectivity index (χ0n) is 18.7. The lowest BCUT2D eigenvalue weighted by Gasteiger charge is -2.35. The van der Waals surface area contributed by atoms with E-state index in [0.717, 1.165) is 12.8 Å². The van der Waals surface area contributed by atoms with E-state index < -0.39 is 12.1 Å². The summed E-state index contributed by atoms with van der Waals surface area (Å²) in [7, 11) is 4.56. The molecule has 4 atom stereocenters. The molecule has 0 saturated heterocycles. The summed E-state index contributed by atoms with van der Waals surface area (Å²) in [6.45, 7) is 5.95. The molecule has 0 radical (unpaired) electrons. The Morgan fingerprint density at radius 1 is 1.07 bits per heavy atom. The zero-order valence-corrected chi connectivity index (χ0v) is 18.7. The van der Waals surface area contributed by atoms with Gasteiger partial charge in [0.05, 0.1) is 21.3 Å². The van der Waals surface area contributed by atoms with Crippen molar-refractivity contribution in [1.29, 1.82) is 0 Å². The lowest BCUT2D eigenvalue weighted by atomic mass is 9.78. The van der Waals surface area contributed by atoms with E-state index in [-0.39, 0.29) is 11.9 Å². The maximum atomic E-state index is 12.5. The molecule has 1 fully saturated rings. The molecule has 166 valence electrons. The third-order valence-electron chi connectivity index (χ3n) is 5.80. The Labute approximate surface area is 178 Å². The van der Waals surface area contributed by atoms with Crippen LogP contribution in [-0.4, -0.2) is 45.4 Å². The van der Waals surface area contributed by atoms with Crippen LogP contribution in [-0.2, 0) is 14.3 Å². The maximum Gasteiger partial charge on any atom is 0.331 e. The summed E-state index contributed by atoms with van der Waals surface area (Å²) in [5, 5.41) is 3.03. The quantitative estimate of drug-likeness (QED) is 0.512. The standard InChI is InChI=1S/C23H33NO6/c1-14-8-7-9-18(15(14)2)24-23(26)16(3)30-21(25)11-10-17-12-19(27-4)22(29-6)20(13-17)28-5/h10-16,18H,7-9H2,1-6H3,(H,24,26)/b11-10+/t14-,15+,16+,18-/m0/s1. The number of carbonyl (C=O) groups is 2. The van der Waals surface area contributed by atoms with Crippen LogP contribution in [0.25, 0.3) is 6.08 Å². The van der Waals surface area contributed by atoms with Gasteiger partial charge in [0.15, 0.2) is 17.6 Å². The molecule has 1 aliphatic rings. The molecular formula is C23H33NO6. The first-order chi connectivity index (χ1) is 14.3. The first-order valence-corrected chi connectivity index (χ1v) is 10.3. The summed E-state index contributed by atoms with van der Waals surface area (Å²) >= 11 is 0. The van der Waals surface area contributed by atoms with Gasteiger partial charge < -0.3 is 24.3 Å². The van der Waals surface area contributed by atoms with Gasteiger partial charge in [0.1, 0.15) is 0 Å². The monoisotopic (exact) mass is 419 g/mol. The third-order valence-corrected chi connectivity index (χ3v) is 5.80. The highest BCUT2D eigenvalue weighted by molar-refractivity contribution is 5.90. The van der Waals surface area contributed by atoms with Crippen LogP contribution in [0.4, 0.5) is 0 Å². The van der Waals surface area contributed by atoms with Gasteiger partial charge >= 0.3 is 5.97 Å². The smallest absolute Gasteiger partial charge is 0.331 e. The third kappa shape index (κ3) is 5.90. The van der Waals surface area contributed by atoms with Gasteiger partial charge in [0, 0.05) is 12.1 Å². The summed E-state index contributed by atoms with van der Waals surface area (Å²) in [6, 6.07) is 3.55. The summed E-state index contributed by atoms with van der Waals surface area (Å²) in [5.74, 6) is 1.54. The predicted molar refractivity (Wildman–Crippen MR) is 115 cm³/mol. The molecule has 1 saturated carbocycles. The number of benzene rings is 1. The first-order valence-electron chi connectivity index (χ1n) is 10.3. The Hall–Kier alpha value is -2.70. The molecule has 0 aliphatic heterocycles. The van der Waals surface area contributed by atoms with Crippen LogP contribution in [0.5, 0.6) is 17.2 Å². The summed E-state index contributed by atoms with van der Waals surface area (Å²) in [5.41, 5.74) is 0.670. The Kier molecular flexibility index (Phi) is 8.57. The molecule has 1 N–H and O–H groups in total. The van der Waals surface area contributed by atoms with Crippen molar-refractivity contribution in [3.8, 4) is 17.2 Å². The van der Waals surface area contributed by atoms with E-state index in [0.29, 0.717) is 34.6 Å². The number of amides is 1. The second kappa shape index (κ2) is 10.9. The largest absolute Gasteiger partial charge is 0.493 e. The van der Waals surface area contributed by atoms with Crippen LogP contribution in [0.2, 0.25) is 0 Å². The predicted octanol–water partition coefficient (Wildman–Crippen LogP) is 3.60. The average Bonchev–Trinajstić information content (AvgIpc) is 2.74. The molecule has 0 heterocycles. The summed E-state index contributed by atoms with van der Waals surface area (Å²) in [4.78, 5) is 24.6. The van der Waals surface area contributed by atoms with Crippen LogP contribution in [0, 0.1) is 11.8 Å². The topological polar surface area (TPSA) is 83.1 Å². The van der Waals surface area contributed by atoms with Crippen molar-refractivity contribution in [1.82, 2.24) is 5.32 Å². The van der Waals surface area contributed by atoms with Crippen molar-refractivity contribution in [3.63, 3.8) is 0 Å². The molecule has 1 aliphatic carbocycles. The Morgan fingerprint density at radius 2 is 1.70 bits per heavy atom. The second-order valence-corrected chi connectivity index (χ2v) is 7.75. The SMILES string of the molecule is COc1cc(/C=C/C(=O)O[C@H](C)C(=O)N[C@H]2CCC[C@H](C)[C@H]2C)cc(OC)c1OC. The number of ether oxygens (including phenoxy) is 4. The lowest BCUT2D eigenvalue weighted by molar-refractivity contribution is -0.150. The van der Waals surface area contributed by atoms with E-state index >= 15 is 0 Å². The number of esters is 1. The second-order valence-electron chi connectivity index (χ2n) is 7.75. The van der Waals surface area contributed by atoms with Gasteiger partial charge in [-0.05, 0) is 49.0 Å². The van der Waals surface area contributed by atoms with Crippen LogP contribution in [0.15, 0.2) is 18.2 Å². The van der Waals surface area contributed by atoms with Crippen molar-refractivity contribution >= 4 is 18.0 Å². The van der Waals surface area contributed by atoms with Gasteiger partial charge in [-0.2, -0.15) is 0 Å². The number of carbonyl (C=O) groups excluding carboxylic acids is 2. The molecule has 30 heavy (non-hydrogen) atoms. The van der Waals surface area contributed by atoms with Gasteiger partial charge in [-0.3, -0.25) is 4.79 Å². The summed E-state index contributed by atoms with van der Waals surface area (Å²) in [6.07, 6.45) is 5.22. The molecule has 2 rings (SSSR count). The van der Waals surface area contributed by atoms with Gasteiger partial charge in [-0.1, -0.05) is 26.7 Å². The van der Waals surface area contributed by atoms with E-state index in [1.165, 1.54) is 33.8 Å². The molecule has 1 aromatic carbocycles. The number of hydrogen-bond donors (Lipinski definition) is 1. The molecule has 0 bridgehead atoms. The highest BCUT2D eigenvalue weighted by Crippen LogP contribution is 2.38. The number of nitrogens with one attached hydrogen (secondary N) is 1. The van der Waals surface area contributed by atoms with Crippen molar-refractivity contribution in [2.75, 3.05) is 21.3 Å². The first kappa shape index (κ1) is 23.6. The van der Waals surface area contributed by atoms with Crippen LogP contribution < -0.4 is 19.5 Å². The van der Waals surface area contributed by atoms with Gasteiger partial charge in [-0.15, -0.1) is 0 Å². The maximum absolute atomic E-state index is 12.5. The Bertz CT molecular complexity index is 750. The summed E-state index contributed by atoms with van der Waals surface area (Å²) < 4.78 is 21.2. The fraction of sp³-hybridized carbons (Fsp3) is 0.565. The fourth-order valence-electron chi connectivity index (χ4n) is 3.71. The average molecular weight is 420 g/mol. The van der Waals surface area contributed by atoms with E-state index in [1.54, 1.807) is 25.1 Å². The molecular weight excluding hydrogens is 386 g/mol. The van der Waals surface area contributed by atoms with Crippen molar-refractivity contribution in [2.24, 2.45) is 11.8 Å². The lowest BCUT2D eigenvalue weighted by Crippen LogP contribution is -2.47. The highest BCUT2D eigenvalue weighted by atomic mass is 16.5. The molecule has 1 amide bonds. The number of rotatable bonds is 8. The zero-order chi connectivity index (χ0) is 22.3. The normalized spacial score (nSPS) is 22.3. The van der Waals surface area contributed by atoms with E-state index in [1.807, 2.05) is 0 Å². The molecule has 7 heteroatoms. The van der Waals surface area contributed by atoms with Crippen molar-refractivity contribution < 1.29 is 28.5 Å². The number of hydrogen-bond acceptors (Lipinski definition) is 6. The molecule has 0 spiro atoms. The Balaban J connectivity index is 1.97. The van der Waals surface area contributed by atoms with Crippen LogP contribution in [0.3, 0.4) is 0 Å². The van der Waals surface area contributed by atoms with Crippen molar-refractivity contribution in [2.45, 2.75) is 52.2 Å². The van der Waals surface area contributed by atoms with Crippen LogP contribution >= 0.6 is 0 Å². The van der Waals surface area contributed by atoms with E-state index in [2.05, 4.69) is 19.2 Å². The number of methoxy groups -OCH3 is 3. The molecule has 0 unspecified atom stereocenters. The van der Waals surface area contributed by atoms with Crippen molar-refractivity contribution in [3.05, 3.63) is 23.8 Å². The van der Waals surface area contributed by atoms with Gasteiger partial charge in [0.2, 0.25) is 5.75 Å². The fourth-order valence-corrected chi connectivity index (χ4v) is 3.71. The minimum Gasteiger partial charge on any atom is -0.493 e.